The lowest BCUT2D eigenvalue weighted by Gasteiger charge is -2.36. The molecule has 0 saturated carbocycles. The Morgan fingerprint density at radius 3 is 2.61 bits per heavy atom. The number of anilines is 1. The largest absolute Gasteiger partial charge is 0.368 e. The first-order valence-electron chi connectivity index (χ1n) is 10.5. The molecule has 2 N–H and O–H groups in total. The molecule has 162 valence electrons. The Labute approximate surface area is 181 Å². The van der Waals surface area contributed by atoms with Crippen molar-refractivity contribution in [3.05, 3.63) is 48.2 Å². The lowest BCUT2D eigenvalue weighted by molar-refractivity contribution is 0.0995. The molecule has 1 fully saturated rings. The lowest BCUT2D eigenvalue weighted by atomic mass is 10.1. The van der Waals surface area contributed by atoms with Crippen molar-refractivity contribution >= 4 is 11.6 Å². The maximum Gasteiger partial charge on any atom is 0.267 e. The highest BCUT2D eigenvalue weighted by Gasteiger charge is 2.19. The van der Waals surface area contributed by atoms with E-state index in [1.54, 1.807) is 23.0 Å². The van der Waals surface area contributed by atoms with Gasteiger partial charge in [0, 0.05) is 44.5 Å². The van der Waals surface area contributed by atoms with Crippen molar-refractivity contribution < 1.29 is 4.79 Å². The number of nitrogens with zero attached hydrogens (tertiary/aromatic N) is 7. The van der Waals surface area contributed by atoms with Crippen molar-refractivity contribution in [1.82, 2.24) is 29.9 Å². The average molecular weight is 421 g/mol. The number of hydrogen-bond acceptors (Lipinski definition) is 7. The van der Waals surface area contributed by atoms with Crippen LogP contribution < -0.4 is 10.6 Å². The van der Waals surface area contributed by atoms with Crippen molar-refractivity contribution in [2.24, 2.45) is 11.7 Å². The van der Waals surface area contributed by atoms with Gasteiger partial charge < -0.3 is 10.6 Å². The summed E-state index contributed by atoms with van der Waals surface area (Å²) in [4.78, 5) is 24.9. The highest BCUT2D eigenvalue weighted by atomic mass is 16.1. The van der Waals surface area contributed by atoms with Crippen LogP contribution in [-0.4, -0.2) is 68.5 Å². The molecule has 3 aromatic rings. The molecule has 0 aliphatic carbocycles. The molecule has 3 aromatic heterocycles. The van der Waals surface area contributed by atoms with E-state index in [4.69, 9.17) is 5.73 Å². The Morgan fingerprint density at radius 1 is 1.16 bits per heavy atom. The van der Waals surface area contributed by atoms with Gasteiger partial charge >= 0.3 is 0 Å². The van der Waals surface area contributed by atoms with Crippen molar-refractivity contribution in [3.63, 3.8) is 0 Å². The molecular weight excluding hydrogens is 392 g/mol. The standard InChI is InChI=1S/C22H28N8O/c1-15(2)13-28-6-8-29(9-7-28)18-10-17(11-24-12-18)20-14-30(27-26-20)21-5-4-19(22(23)31)25-16(21)3/h4-5,10-12,14-15H,6-9,13H2,1-3H3,(H2,23,31). The fourth-order valence-corrected chi connectivity index (χ4v) is 3.89. The number of aryl methyl sites for hydroxylation is 1. The SMILES string of the molecule is Cc1nc(C(N)=O)ccc1-n1cc(-c2cncc(N3CCN(CC(C)C)CC3)c2)nn1. The van der Waals surface area contributed by atoms with Crippen LogP contribution in [0, 0.1) is 12.8 Å². The van der Waals surface area contributed by atoms with Crippen LogP contribution in [0.15, 0.2) is 36.8 Å². The van der Waals surface area contributed by atoms with E-state index in [1.807, 2.05) is 19.3 Å². The third kappa shape index (κ3) is 4.72. The Bertz CT molecular complexity index is 1070. The van der Waals surface area contributed by atoms with Gasteiger partial charge in [0.15, 0.2) is 0 Å². The van der Waals surface area contributed by atoms with Crippen molar-refractivity contribution in [2.45, 2.75) is 20.8 Å². The number of aromatic nitrogens is 5. The van der Waals surface area contributed by atoms with E-state index in [-0.39, 0.29) is 5.69 Å². The summed E-state index contributed by atoms with van der Waals surface area (Å²) in [6.07, 6.45) is 5.55. The Balaban J connectivity index is 1.51. The molecule has 9 heteroatoms. The zero-order chi connectivity index (χ0) is 22.0. The fraction of sp³-hybridized carbons (Fsp3) is 0.409. The van der Waals surface area contributed by atoms with Gasteiger partial charge in [-0.3, -0.25) is 14.7 Å². The van der Waals surface area contributed by atoms with E-state index in [9.17, 15) is 4.79 Å². The molecule has 0 spiro atoms. The molecule has 1 saturated heterocycles. The number of carbonyl (C=O) groups excluding carboxylic acids is 1. The minimum Gasteiger partial charge on any atom is -0.368 e. The Kier molecular flexibility index (Phi) is 5.94. The Morgan fingerprint density at radius 2 is 1.94 bits per heavy atom. The van der Waals surface area contributed by atoms with Crippen molar-refractivity contribution in [2.75, 3.05) is 37.6 Å². The van der Waals surface area contributed by atoms with E-state index in [0.717, 1.165) is 55.4 Å². The van der Waals surface area contributed by atoms with E-state index in [1.165, 1.54) is 0 Å². The van der Waals surface area contributed by atoms with E-state index < -0.39 is 5.91 Å². The van der Waals surface area contributed by atoms with Crippen LogP contribution in [0.1, 0.15) is 30.0 Å². The van der Waals surface area contributed by atoms with Gasteiger partial charge in [0.2, 0.25) is 0 Å². The summed E-state index contributed by atoms with van der Waals surface area (Å²) < 4.78 is 1.65. The first kappa shape index (κ1) is 20.9. The van der Waals surface area contributed by atoms with Crippen LogP contribution in [0.4, 0.5) is 5.69 Å². The molecule has 1 aliphatic heterocycles. The molecule has 1 aliphatic rings. The van der Waals surface area contributed by atoms with Crippen LogP contribution >= 0.6 is 0 Å². The van der Waals surface area contributed by atoms with E-state index in [2.05, 4.69) is 50.0 Å². The number of rotatable bonds is 6. The average Bonchev–Trinajstić information content (AvgIpc) is 3.24. The van der Waals surface area contributed by atoms with Gasteiger partial charge in [0.1, 0.15) is 11.4 Å². The summed E-state index contributed by atoms with van der Waals surface area (Å²) >= 11 is 0. The van der Waals surface area contributed by atoms with Gasteiger partial charge in [-0.2, -0.15) is 0 Å². The maximum atomic E-state index is 11.3. The number of pyridine rings is 2. The highest BCUT2D eigenvalue weighted by molar-refractivity contribution is 5.90. The van der Waals surface area contributed by atoms with Crippen LogP contribution in [-0.2, 0) is 0 Å². The van der Waals surface area contributed by atoms with E-state index in [0.29, 0.717) is 11.6 Å². The highest BCUT2D eigenvalue weighted by Crippen LogP contribution is 2.24. The lowest BCUT2D eigenvalue weighted by Crippen LogP contribution is -2.47. The zero-order valence-corrected chi connectivity index (χ0v) is 18.2. The van der Waals surface area contributed by atoms with Gasteiger partial charge in [-0.15, -0.1) is 5.10 Å². The minimum absolute atomic E-state index is 0.229. The van der Waals surface area contributed by atoms with Crippen LogP contribution in [0.25, 0.3) is 16.9 Å². The molecule has 4 rings (SSSR count). The van der Waals surface area contributed by atoms with Crippen LogP contribution in [0.5, 0.6) is 0 Å². The molecule has 31 heavy (non-hydrogen) atoms. The van der Waals surface area contributed by atoms with E-state index >= 15 is 0 Å². The third-order valence-corrected chi connectivity index (χ3v) is 5.43. The predicted molar refractivity (Wildman–Crippen MR) is 119 cm³/mol. The number of amides is 1. The number of nitrogens with two attached hydrogens (primary N) is 1. The van der Waals surface area contributed by atoms with Crippen molar-refractivity contribution in [3.8, 4) is 16.9 Å². The summed E-state index contributed by atoms with van der Waals surface area (Å²) in [7, 11) is 0. The maximum absolute atomic E-state index is 11.3. The normalized spacial score (nSPS) is 14.9. The minimum atomic E-state index is -0.554. The summed E-state index contributed by atoms with van der Waals surface area (Å²) in [6.45, 7) is 11.6. The van der Waals surface area contributed by atoms with Crippen LogP contribution in [0.2, 0.25) is 0 Å². The smallest absolute Gasteiger partial charge is 0.267 e. The van der Waals surface area contributed by atoms with Crippen molar-refractivity contribution in [1.29, 1.82) is 0 Å². The van der Waals surface area contributed by atoms with Gasteiger partial charge in [0.25, 0.3) is 5.91 Å². The second-order valence-electron chi connectivity index (χ2n) is 8.33. The Hall–Kier alpha value is -3.33. The zero-order valence-electron chi connectivity index (χ0n) is 18.2. The molecule has 1 amide bonds. The molecule has 4 heterocycles. The van der Waals surface area contributed by atoms with Gasteiger partial charge in [0.05, 0.1) is 29.5 Å². The molecule has 0 atom stereocenters. The summed E-state index contributed by atoms with van der Waals surface area (Å²) in [5.74, 6) is 0.131. The quantitative estimate of drug-likeness (QED) is 0.649. The summed E-state index contributed by atoms with van der Waals surface area (Å²) in [6, 6.07) is 5.47. The summed E-state index contributed by atoms with van der Waals surface area (Å²) in [5.41, 5.74) is 9.67. The first-order chi connectivity index (χ1) is 14.9. The second-order valence-corrected chi connectivity index (χ2v) is 8.33. The van der Waals surface area contributed by atoms with Gasteiger partial charge in [-0.1, -0.05) is 19.1 Å². The molecule has 0 radical (unpaired) electrons. The predicted octanol–water partition coefficient (Wildman–Crippen LogP) is 1.91. The number of piperazine rings is 1. The summed E-state index contributed by atoms with van der Waals surface area (Å²) in [5, 5.41) is 8.56. The first-order valence-corrected chi connectivity index (χ1v) is 10.5. The van der Waals surface area contributed by atoms with Gasteiger partial charge in [-0.05, 0) is 31.0 Å². The van der Waals surface area contributed by atoms with Gasteiger partial charge in [-0.25, -0.2) is 9.67 Å². The van der Waals surface area contributed by atoms with Crippen LogP contribution in [0.3, 0.4) is 0 Å². The molecule has 0 unspecified atom stereocenters. The monoisotopic (exact) mass is 420 g/mol. The molecule has 0 aromatic carbocycles. The molecule has 0 bridgehead atoms. The topological polar surface area (TPSA) is 106 Å². The fourth-order valence-electron chi connectivity index (χ4n) is 3.89. The second kappa shape index (κ2) is 8.81. The third-order valence-electron chi connectivity index (χ3n) is 5.43. The molecular formula is C22H28N8O. The number of primary amides is 1. The number of carbonyl (C=O) groups is 1. The number of hydrogen-bond donors (Lipinski definition) is 1. The molecule has 9 nitrogen and oxygen atoms in total.